The van der Waals surface area contributed by atoms with Gasteiger partial charge in [0.15, 0.2) is 0 Å². The standard InChI is InChI=1S/C22H17Cl/c1-14-11-15(2)13-16(12-14)21-17-7-3-5-9-19(17)22(23)20-10-6-4-8-18(20)21/h3-13H,1-2H3. The van der Waals surface area contributed by atoms with Crippen LogP contribution in [0.25, 0.3) is 32.7 Å². The highest BCUT2D eigenvalue weighted by Crippen LogP contribution is 2.41. The van der Waals surface area contributed by atoms with Gasteiger partial charge in [0, 0.05) is 10.8 Å². The fraction of sp³-hybridized carbons (Fsp3) is 0.0909. The Bertz CT molecular complexity index is 967. The van der Waals surface area contributed by atoms with Crippen molar-refractivity contribution in [2.45, 2.75) is 13.8 Å². The third-order valence-corrected chi connectivity index (χ3v) is 4.78. The Hall–Kier alpha value is -2.31. The van der Waals surface area contributed by atoms with Crippen LogP contribution in [0, 0.1) is 13.8 Å². The molecule has 0 bridgehead atoms. The summed E-state index contributed by atoms with van der Waals surface area (Å²) in [6.07, 6.45) is 0. The van der Waals surface area contributed by atoms with Crippen molar-refractivity contribution < 1.29 is 0 Å². The van der Waals surface area contributed by atoms with Crippen LogP contribution in [0.5, 0.6) is 0 Å². The Morgan fingerprint density at radius 3 is 1.52 bits per heavy atom. The molecular weight excluding hydrogens is 300 g/mol. The van der Waals surface area contributed by atoms with Crippen LogP contribution in [0.4, 0.5) is 0 Å². The monoisotopic (exact) mass is 316 g/mol. The van der Waals surface area contributed by atoms with Gasteiger partial charge in [0.05, 0.1) is 5.02 Å². The van der Waals surface area contributed by atoms with E-state index in [1.165, 1.54) is 33.0 Å². The maximum Gasteiger partial charge on any atom is 0.0563 e. The Balaban J connectivity index is 2.25. The van der Waals surface area contributed by atoms with Gasteiger partial charge in [-0.25, -0.2) is 0 Å². The molecule has 0 radical (unpaired) electrons. The summed E-state index contributed by atoms with van der Waals surface area (Å²) in [6.45, 7) is 4.30. The second kappa shape index (κ2) is 5.40. The Kier molecular flexibility index (Phi) is 3.36. The fourth-order valence-electron chi connectivity index (χ4n) is 3.51. The third-order valence-electron chi connectivity index (χ3n) is 4.38. The number of hydrogen-bond donors (Lipinski definition) is 0. The van der Waals surface area contributed by atoms with E-state index in [2.05, 4.69) is 68.4 Å². The number of benzene rings is 4. The molecule has 0 amide bonds. The molecule has 0 fully saturated rings. The summed E-state index contributed by atoms with van der Waals surface area (Å²) in [5, 5.41) is 5.48. The summed E-state index contributed by atoms with van der Waals surface area (Å²) in [7, 11) is 0. The van der Waals surface area contributed by atoms with Gasteiger partial charge in [0.1, 0.15) is 0 Å². The molecule has 0 heterocycles. The lowest BCUT2D eigenvalue weighted by Gasteiger charge is -2.15. The average Bonchev–Trinajstić information content (AvgIpc) is 2.54. The first-order valence-electron chi connectivity index (χ1n) is 7.83. The molecule has 4 rings (SSSR count). The van der Waals surface area contributed by atoms with Crippen LogP contribution < -0.4 is 0 Å². The fourth-order valence-corrected chi connectivity index (χ4v) is 3.83. The van der Waals surface area contributed by atoms with E-state index in [0.29, 0.717) is 0 Å². The lowest BCUT2D eigenvalue weighted by atomic mass is 9.90. The zero-order valence-electron chi connectivity index (χ0n) is 13.2. The zero-order chi connectivity index (χ0) is 16.0. The molecule has 4 aromatic carbocycles. The molecule has 0 atom stereocenters. The smallest absolute Gasteiger partial charge is 0.0563 e. The van der Waals surface area contributed by atoms with Crippen LogP contribution >= 0.6 is 11.6 Å². The molecule has 112 valence electrons. The number of hydrogen-bond acceptors (Lipinski definition) is 0. The lowest BCUT2D eigenvalue weighted by Crippen LogP contribution is -1.89. The summed E-state index contributed by atoms with van der Waals surface area (Å²) in [5.74, 6) is 0. The van der Waals surface area contributed by atoms with Crippen LogP contribution in [0.2, 0.25) is 5.02 Å². The highest BCUT2D eigenvalue weighted by atomic mass is 35.5. The van der Waals surface area contributed by atoms with Gasteiger partial charge in [0.25, 0.3) is 0 Å². The first-order chi connectivity index (χ1) is 11.1. The first-order valence-corrected chi connectivity index (χ1v) is 8.20. The van der Waals surface area contributed by atoms with Gasteiger partial charge >= 0.3 is 0 Å². The molecule has 23 heavy (non-hydrogen) atoms. The van der Waals surface area contributed by atoms with Crippen molar-refractivity contribution >= 4 is 33.1 Å². The Labute approximate surface area is 141 Å². The number of fused-ring (bicyclic) bond motifs is 2. The molecule has 0 spiro atoms. The highest BCUT2D eigenvalue weighted by Gasteiger charge is 2.14. The van der Waals surface area contributed by atoms with Crippen molar-refractivity contribution in [2.75, 3.05) is 0 Å². The molecule has 0 unspecified atom stereocenters. The summed E-state index contributed by atoms with van der Waals surface area (Å²) in [6, 6.07) is 23.5. The molecule has 0 nitrogen and oxygen atoms in total. The average molecular weight is 317 g/mol. The molecule has 0 saturated heterocycles. The Morgan fingerprint density at radius 2 is 1.04 bits per heavy atom. The molecular formula is C22H17Cl. The maximum absolute atomic E-state index is 6.70. The molecule has 0 aliphatic rings. The van der Waals surface area contributed by atoms with Crippen LogP contribution in [0.15, 0.2) is 66.7 Å². The normalized spacial score (nSPS) is 11.3. The van der Waals surface area contributed by atoms with Gasteiger partial charge in [-0.2, -0.15) is 0 Å². The van der Waals surface area contributed by atoms with E-state index in [1.807, 2.05) is 12.1 Å². The molecule has 1 heteroatoms. The van der Waals surface area contributed by atoms with Crippen LogP contribution in [-0.2, 0) is 0 Å². The lowest BCUT2D eigenvalue weighted by molar-refractivity contribution is 1.39. The predicted molar refractivity (Wildman–Crippen MR) is 101 cm³/mol. The summed E-state index contributed by atoms with van der Waals surface area (Å²) < 4.78 is 0. The van der Waals surface area contributed by atoms with E-state index in [9.17, 15) is 0 Å². The summed E-state index contributed by atoms with van der Waals surface area (Å²) >= 11 is 6.70. The van der Waals surface area contributed by atoms with Gasteiger partial charge < -0.3 is 0 Å². The van der Waals surface area contributed by atoms with Gasteiger partial charge in [-0.05, 0) is 35.7 Å². The minimum atomic E-state index is 0.837. The molecule has 0 aliphatic heterocycles. The van der Waals surface area contributed by atoms with Crippen molar-refractivity contribution in [1.29, 1.82) is 0 Å². The van der Waals surface area contributed by atoms with Gasteiger partial charge in [-0.1, -0.05) is 89.5 Å². The second-order valence-electron chi connectivity index (χ2n) is 6.16. The van der Waals surface area contributed by atoms with E-state index >= 15 is 0 Å². The molecule has 0 N–H and O–H groups in total. The molecule has 0 aliphatic carbocycles. The van der Waals surface area contributed by atoms with Gasteiger partial charge in [-0.3, -0.25) is 0 Å². The van der Waals surface area contributed by atoms with E-state index in [-0.39, 0.29) is 0 Å². The van der Waals surface area contributed by atoms with E-state index in [1.54, 1.807) is 0 Å². The summed E-state index contributed by atoms with van der Waals surface area (Å²) in [5.41, 5.74) is 5.09. The van der Waals surface area contributed by atoms with Gasteiger partial charge in [-0.15, -0.1) is 0 Å². The number of halogens is 1. The molecule has 0 aromatic heterocycles. The van der Waals surface area contributed by atoms with Crippen LogP contribution in [-0.4, -0.2) is 0 Å². The minimum Gasteiger partial charge on any atom is -0.0830 e. The van der Waals surface area contributed by atoms with E-state index in [4.69, 9.17) is 11.6 Å². The quantitative estimate of drug-likeness (QED) is 0.334. The van der Waals surface area contributed by atoms with E-state index < -0.39 is 0 Å². The number of aryl methyl sites for hydroxylation is 2. The summed E-state index contributed by atoms with van der Waals surface area (Å²) in [4.78, 5) is 0. The third kappa shape index (κ3) is 2.31. The SMILES string of the molecule is Cc1cc(C)cc(-c2c3ccccc3c(Cl)c3ccccc23)c1. The second-order valence-corrected chi connectivity index (χ2v) is 6.53. The van der Waals surface area contributed by atoms with Crippen molar-refractivity contribution in [3.8, 4) is 11.1 Å². The zero-order valence-corrected chi connectivity index (χ0v) is 14.0. The van der Waals surface area contributed by atoms with Crippen molar-refractivity contribution in [1.82, 2.24) is 0 Å². The molecule has 0 saturated carbocycles. The maximum atomic E-state index is 6.70. The van der Waals surface area contributed by atoms with E-state index in [0.717, 1.165) is 15.8 Å². The topological polar surface area (TPSA) is 0 Å². The van der Waals surface area contributed by atoms with Crippen LogP contribution in [0.3, 0.4) is 0 Å². The Morgan fingerprint density at radius 1 is 0.609 bits per heavy atom. The highest BCUT2D eigenvalue weighted by molar-refractivity contribution is 6.42. The van der Waals surface area contributed by atoms with Gasteiger partial charge in [0.2, 0.25) is 0 Å². The molecule has 4 aromatic rings. The first kappa shape index (κ1) is 14.3. The van der Waals surface area contributed by atoms with Crippen LogP contribution in [0.1, 0.15) is 11.1 Å². The van der Waals surface area contributed by atoms with Crippen molar-refractivity contribution in [3.05, 3.63) is 82.9 Å². The predicted octanol–water partition coefficient (Wildman–Crippen LogP) is 6.93. The van der Waals surface area contributed by atoms with Crippen molar-refractivity contribution in [3.63, 3.8) is 0 Å². The largest absolute Gasteiger partial charge is 0.0830 e. The van der Waals surface area contributed by atoms with Crippen molar-refractivity contribution in [2.24, 2.45) is 0 Å². The number of rotatable bonds is 1. The minimum absolute atomic E-state index is 0.837.